The molecule has 0 radical (unpaired) electrons. The molecule has 4 heteroatoms. The van der Waals surface area contributed by atoms with Crippen LogP contribution in [-0.4, -0.2) is 24.1 Å². The van der Waals surface area contributed by atoms with Crippen LogP contribution in [0.25, 0.3) is 0 Å². The molecule has 0 spiro atoms. The maximum atomic E-state index is 12.7. The molecule has 0 aromatic carbocycles. The molecule has 2 heterocycles. The standard InChI is InChI=1S/C10H14FN3/c11-9-4-1-5-10(14-9)13-7-8-3-2-6-12-8/h1,4-5,8,12H,2-3,6-7H2,(H,13,14). The molecule has 14 heavy (non-hydrogen) atoms. The zero-order chi connectivity index (χ0) is 9.80. The van der Waals surface area contributed by atoms with Crippen molar-refractivity contribution >= 4 is 5.82 Å². The molecule has 1 aromatic heterocycles. The molecule has 76 valence electrons. The molecule has 0 aliphatic carbocycles. The topological polar surface area (TPSA) is 37.0 Å². The Labute approximate surface area is 82.7 Å². The molecule has 1 aromatic rings. The third kappa shape index (κ3) is 2.42. The molecule has 0 amide bonds. The van der Waals surface area contributed by atoms with E-state index >= 15 is 0 Å². The molecule has 1 aliphatic heterocycles. The van der Waals surface area contributed by atoms with Gasteiger partial charge in [0.1, 0.15) is 5.82 Å². The average Bonchev–Trinajstić information content (AvgIpc) is 2.67. The number of anilines is 1. The molecular weight excluding hydrogens is 181 g/mol. The van der Waals surface area contributed by atoms with Gasteiger partial charge in [0.2, 0.25) is 5.95 Å². The highest BCUT2D eigenvalue weighted by atomic mass is 19.1. The SMILES string of the molecule is Fc1cccc(NCC2CCCN2)n1. The van der Waals surface area contributed by atoms with Gasteiger partial charge < -0.3 is 10.6 Å². The zero-order valence-corrected chi connectivity index (χ0v) is 7.96. The second-order valence-corrected chi connectivity index (χ2v) is 3.52. The van der Waals surface area contributed by atoms with Crippen LogP contribution in [0.4, 0.5) is 10.2 Å². The van der Waals surface area contributed by atoms with E-state index in [0.717, 1.165) is 13.1 Å². The van der Waals surface area contributed by atoms with E-state index in [1.54, 1.807) is 12.1 Å². The van der Waals surface area contributed by atoms with Crippen LogP contribution in [0.5, 0.6) is 0 Å². The van der Waals surface area contributed by atoms with E-state index in [1.165, 1.54) is 18.9 Å². The normalized spacial score (nSPS) is 21.1. The summed E-state index contributed by atoms with van der Waals surface area (Å²) in [4.78, 5) is 3.73. The lowest BCUT2D eigenvalue weighted by Crippen LogP contribution is -2.29. The summed E-state index contributed by atoms with van der Waals surface area (Å²) < 4.78 is 12.7. The van der Waals surface area contributed by atoms with Crippen molar-refractivity contribution in [3.63, 3.8) is 0 Å². The summed E-state index contributed by atoms with van der Waals surface area (Å²) in [5, 5.41) is 6.47. The maximum Gasteiger partial charge on any atom is 0.214 e. The Bertz CT molecular complexity index is 297. The Hall–Kier alpha value is -1.16. The first-order valence-electron chi connectivity index (χ1n) is 4.94. The third-order valence-corrected chi connectivity index (χ3v) is 2.41. The van der Waals surface area contributed by atoms with E-state index in [9.17, 15) is 4.39 Å². The van der Waals surface area contributed by atoms with Crippen LogP contribution in [0, 0.1) is 5.95 Å². The Morgan fingerprint density at radius 2 is 2.50 bits per heavy atom. The van der Waals surface area contributed by atoms with Gasteiger partial charge in [0.05, 0.1) is 0 Å². The fourth-order valence-corrected chi connectivity index (χ4v) is 1.67. The van der Waals surface area contributed by atoms with Crippen LogP contribution in [-0.2, 0) is 0 Å². The van der Waals surface area contributed by atoms with Gasteiger partial charge in [-0.3, -0.25) is 0 Å². The molecule has 1 aliphatic rings. The van der Waals surface area contributed by atoms with Crippen LogP contribution >= 0.6 is 0 Å². The van der Waals surface area contributed by atoms with Crippen molar-refractivity contribution in [2.75, 3.05) is 18.4 Å². The number of aromatic nitrogens is 1. The molecule has 0 bridgehead atoms. The summed E-state index contributed by atoms with van der Waals surface area (Å²) in [5.74, 6) is 0.174. The summed E-state index contributed by atoms with van der Waals surface area (Å²) in [6.07, 6.45) is 2.41. The number of halogens is 1. The van der Waals surface area contributed by atoms with Crippen LogP contribution in [0.1, 0.15) is 12.8 Å². The monoisotopic (exact) mass is 195 g/mol. The van der Waals surface area contributed by atoms with Crippen LogP contribution < -0.4 is 10.6 Å². The van der Waals surface area contributed by atoms with Gasteiger partial charge in [-0.2, -0.15) is 4.39 Å². The highest BCUT2D eigenvalue weighted by molar-refractivity contribution is 5.33. The van der Waals surface area contributed by atoms with E-state index in [4.69, 9.17) is 0 Å². The molecule has 2 rings (SSSR count). The van der Waals surface area contributed by atoms with Crippen molar-refractivity contribution in [2.24, 2.45) is 0 Å². The minimum Gasteiger partial charge on any atom is -0.368 e. The summed E-state index contributed by atoms with van der Waals surface area (Å²) in [6, 6.07) is 5.28. The van der Waals surface area contributed by atoms with E-state index in [1.807, 2.05) is 0 Å². The Morgan fingerprint density at radius 3 is 3.21 bits per heavy atom. The van der Waals surface area contributed by atoms with E-state index < -0.39 is 5.95 Å². The second kappa shape index (κ2) is 4.37. The van der Waals surface area contributed by atoms with Crippen molar-refractivity contribution in [3.05, 3.63) is 24.1 Å². The number of nitrogens with one attached hydrogen (secondary N) is 2. The Kier molecular flexibility index (Phi) is 2.93. The van der Waals surface area contributed by atoms with Crippen LogP contribution in [0.2, 0.25) is 0 Å². The fourth-order valence-electron chi connectivity index (χ4n) is 1.67. The highest BCUT2D eigenvalue weighted by Crippen LogP contribution is 2.07. The Balaban J connectivity index is 1.85. The minimum atomic E-state index is -0.436. The lowest BCUT2D eigenvalue weighted by atomic mass is 10.2. The van der Waals surface area contributed by atoms with Crippen molar-refractivity contribution in [3.8, 4) is 0 Å². The predicted octanol–water partition coefficient (Wildman–Crippen LogP) is 1.38. The van der Waals surface area contributed by atoms with Gasteiger partial charge in [-0.25, -0.2) is 4.98 Å². The number of hydrogen-bond donors (Lipinski definition) is 2. The van der Waals surface area contributed by atoms with Gasteiger partial charge in [0, 0.05) is 12.6 Å². The number of hydrogen-bond acceptors (Lipinski definition) is 3. The zero-order valence-electron chi connectivity index (χ0n) is 7.96. The minimum absolute atomic E-state index is 0.436. The molecule has 1 atom stereocenters. The first-order valence-corrected chi connectivity index (χ1v) is 4.94. The number of rotatable bonds is 3. The molecule has 1 saturated heterocycles. The van der Waals surface area contributed by atoms with E-state index in [0.29, 0.717) is 11.9 Å². The van der Waals surface area contributed by atoms with Crippen LogP contribution in [0.3, 0.4) is 0 Å². The van der Waals surface area contributed by atoms with E-state index in [-0.39, 0.29) is 0 Å². The van der Waals surface area contributed by atoms with Gasteiger partial charge in [0.25, 0.3) is 0 Å². The maximum absolute atomic E-state index is 12.7. The van der Waals surface area contributed by atoms with Crippen molar-refractivity contribution < 1.29 is 4.39 Å². The molecule has 1 unspecified atom stereocenters. The molecule has 2 N–H and O–H groups in total. The van der Waals surface area contributed by atoms with Gasteiger partial charge in [-0.15, -0.1) is 0 Å². The fraction of sp³-hybridized carbons (Fsp3) is 0.500. The van der Waals surface area contributed by atoms with Crippen molar-refractivity contribution in [2.45, 2.75) is 18.9 Å². The van der Waals surface area contributed by atoms with Crippen molar-refractivity contribution in [1.82, 2.24) is 10.3 Å². The van der Waals surface area contributed by atoms with Gasteiger partial charge in [-0.05, 0) is 31.5 Å². The Morgan fingerprint density at radius 1 is 1.57 bits per heavy atom. The first kappa shape index (κ1) is 9.40. The molecular formula is C10H14FN3. The average molecular weight is 195 g/mol. The number of nitrogens with zero attached hydrogens (tertiary/aromatic N) is 1. The summed E-state index contributed by atoms with van der Waals surface area (Å²) >= 11 is 0. The van der Waals surface area contributed by atoms with Gasteiger partial charge >= 0.3 is 0 Å². The highest BCUT2D eigenvalue weighted by Gasteiger charge is 2.13. The largest absolute Gasteiger partial charge is 0.368 e. The predicted molar refractivity (Wildman–Crippen MR) is 53.7 cm³/mol. The lowest BCUT2D eigenvalue weighted by molar-refractivity contribution is 0.582. The summed E-state index contributed by atoms with van der Waals surface area (Å²) in [7, 11) is 0. The second-order valence-electron chi connectivity index (χ2n) is 3.52. The van der Waals surface area contributed by atoms with Gasteiger partial charge in [-0.1, -0.05) is 6.07 Å². The van der Waals surface area contributed by atoms with Crippen molar-refractivity contribution in [1.29, 1.82) is 0 Å². The lowest BCUT2D eigenvalue weighted by Gasteiger charge is -2.11. The molecule has 1 fully saturated rings. The molecule has 3 nitrogen and oxygen atoms in total. The van der Waals surface area contributed by atoms with Gasteiger partial charge in [0.15, 0.2) is 0 Å². The van der Waals surface area contributed by atoms with E-state index in [2.05, 4.69) is 15.6 Å². The van der Waals surface area contributed by atoms with Crippen LogP contribution in [0.15, 0.2) is 18.2 Å². The summed E-state index contributed by atoms with van der Waals surface area (Å²) in [5.41, 5.74) is 0. The summed E-state index contributed by atoms with van der Waals surface area (Å²) in [6.45, 7) is 1.90. The molecule has 0 saturated carbocycles. The smallest absolute Gasteiger partial charge is 0.214 e. The number of pyridine rings is 1. The quantitative estimate of drug-likeness (QED) is 0.715. The third-order valence-electron chi connectivity index (χ3n) is 2.41. The first-order chi connectivity index (χ1) is 6.84.